The zero-order valence-electron chi connectivity index (χ0n) is 12.7. The van der Waals surface area contributed by atoms with Crippen LogP contribution in [-0.4, -0.2) is 36.5 Å². The molecule has 1 fully saturated rings. The van der Waals surface area contributed by atoms with Gasteiger partial charge in [-0.3, -0.25) is 9.69 Å². The Morgan fingerprint density at radius 2 is 2.23 bits per heavy atom. The fraction of sp³-hybridized carbons (Fsp3) is 0.533. The predicted molar refractivity (Wildman–Crippen MR) is 97.8 cm³/mol. The molecule has 0 bridgehead atoms. The van der Waals surface area contributed by atoms with Crippen LogP contribution in [0.15, 0.2) is 22.7 Å². The van der Waals surface area contributed by atoms with Gasteiger partial charge in [0.25, 0.3) is 0 Å². The Hall–Kier alpha value is -0.330. The quantitative estimate of drug-likeness (QED) is 0.801. The highest BCUT2D eigenvalue weighted by atomic mass is 79.9. The molecule has 1 aliphatic rings. The molecule has 0 aliphatic carbocycles. The number of nitrogens with one attached hydrogen (secondary N) is 1. The first-order valence-corrected chi connectivity index (χ1v) is 8.18. The normalized spacial score (nSPS) is 21.0. The van der Waals surface area contributed by atoms with Crippen molar-refractivity contribution in [2.45, 2.75) is 26.3 Å². The van der Waals surface area contributed by atoms with Crippen molar-refractivity contribution in [1.29, 1.82) is 0 Å². The van der Waals surface area contributed by atoms with E-state index in [1.54, 1.807) is 12.1 Å². The molecule has 7 heteroatoms. The Bertz CT molecular complexity index is 540. The van der Waals surface area contributed by atoms with Crippen LogP contribution in [0.4, 0.5) is 5.69 Å². The number of nitrogens with two attached hydrogens (primary N) is 1. The molecule has 4 nitrogen and oxygen atoms in total. The van der Waals surface area contributed by atoms with Gasteiger partial charge in [0.15, 0.2) is 0 Å². The molecule has 1 atom stereocenters. The smallest absolute Gasteiger partial charge is 0.238 e. The molecule has 1 heterocycles. The standard InChI is InChI=1S/C15H21BrClN3O.ClH/c1-15(2)9-20(6-5-13(15)18)8-14(21)19-12-4-3-10(16)7-11(12)17;/h3-4,7,13H,5-6,8-9,18H2,1-2H3,(H,19,21);1H. The van der Waals surface area contributed by atoms with Crippen molar-refractivity contribution in [3.05, 3.63) is 27.7 Å². The molecule has 22 heavy (non-hydrogen) atoms. The Morgan fingerprint density at radius 3 is 2.82 bits per heavy atom. The molecule has 3 N–H and O–H groups in total. The lowest BCUT2D eigenvalue weighted by Crippen LogP contribution is -2.53. The van der Waals surface area contributed by atoms with Crippen LogP contribution in [0.25, 0.3) is 0 Å². The van der Waals surface area contributed by atoms with Gasteiger partial charge < -0.3 is 11.1 Å². The van der Waals surface area contributed by atoms with Crippen molar-refractivity contribution in [3.63, 3.8) is 0 Å². The minimum absolute atomic E-state index is 0. The molecule has 1 unspecified atom stereocenters. The number of carbonyl (C=O) groups is 1. The van der Waals surface area contributed by atoms with Crippen molar-refractivity contribution in [3.8, 4) is 0 Å². The number of hydrogen-bond acceptors (Lipinski definition) is 3. The van der Waals surface area contributed by atoms with Crippen LogP contribution in [0.3, 0.4) is 0 Å². The molecule has 2 rings (SSSR count). The van der Waals surface area contributed by atoms with Gasteiger partial charge in [-0.2, -0.15) is 0 Å². The summed E-state index contributed by atoms with van der Waals surface area (Å²) in [5.74, 6) is -0.0505. The summed E-state index contributed by atoms with van der Waals surface area (Å²) in [4.78, 5) is 14.3. The Labute approximate surface area is 151 Å². The zero-order chi connectivity index (χ0) is 15.6. The Kier molecular flexibility index (Phi) is 7.15. The number of piperidine rings is 1. The number of rotatable bonds is 3. The van der Waals surface area contributed by atoms with Crippen LogP contribution in [-0.2, 0) is 4.79 Å². The van der Waals surface area contributed by atoms with E-state index in [2.05, 4.69) is 40.0 Å². The van der Waals surface area contributed by atoms with E-state index in [1.807, 2.05) is 6.07 Å². The van der Waals surface area contributed by atoms with Gasteiger partial charge in [0, 0.05) is 23.6 Å². The summed E-state index contributed by atoms with van der Waals surface area (Å²) in [5, 5.41) is 3.39. The third-order valence-corrected chi connectivity index (χ3v) is 4.77. The maximum absolute atomic E-state index is 12.2. The summed E-state index contributed by atoms with van der Waals surface area (Å²) in [6, 6.07) is 5.60. The molecule has 0 spiro atoms. The van der Waals surface area contributed by atoms with Crippen LogP contribution >= 0.6 is 39.9 Å². The second kappa shape index (κ2) is 7.97. The van der Waals surface area contributed by atoms with Crippen molar-refractivity contribution in [1.82, 2.24) is 4.90 Å². The second-order valence-corrected chi connectivity index (χ2v) is 7.59. The predicted octanol–water partition coefficient (Wildman–Crippen LogP) is 3.52. The molecule has 0 radical (unpaired) electrons. The van der Waals surface area contributed by atoms with Gasteiger partial charge in [-0.25, -0.2) is 0 Å². The van der Waals surface area contributed by atoms with Crippen LogP contribution in [0.5, 0.6) is 0 Å². The molecule has 1 amide bonds. The van der Waals surface area contributed by atoms with Gasteiger partial charge >= 0.3 is 0 Å². The maximum atomic E-state index is 12.2. The highest BCUT2D eigenvalue weighted by molar-refractivity contribution is 9.10. The first-order valence-electron chi connectivity index (χ1n) is 7.01. The summed E-state index contributed by atoms with van der Waals surface area (Å²) in [6.45, 7) is 6.34. The minimum atomic E-state index is -0.0505. The number of amides is 1. The fourth-order valence-electron chi connectivity index (χ4n) is 2.60. The molecular formula is C15H22BrCl2N3O. The molecule has 0 aromatic heterocycles. The van der Waals surface area contributed by atoms with Crippen molar-refractivity contribution >= 4 is 51.5 Å². The van der Waals surface area contributed by atoms with E-state index < -0.39 is 0 Å². The summed E-state index contributed by atoms with van der Waals surface area (Å²) < 4.78 is 0.886. The summed E-state index contributed by atoms with van der Waals surface area (Å²) in [5.41, 5.74) is 6.79. The SMILES string of the molecule is CC1(C)CN(CC(=O)Nc2ccc(Br)cc2Cl)CCC1N.Cl. The average Bonchev–Trinajstić information content (AvgIpc) is 2.37. The van der Waals surface area contributed by atoms with Crippen LogP contribution in [0.2, 0.25) is 5.02 Å². The van der Waals surface area contributed by atoms with Crippen molar-refractivity contribution in [2.24, 2.45) is 11.1 Å². The van der Waals surface area contributed by atoms with Crippen LogP contribution in [0, 0.1) is 5.41 Å². The van der Waals surface area contributed by atoms with Gasteiger partial charge in [-0.05, 0) is 30.0 Å². The Balaban J connectivity index is 0.00000242. The van der Waals surface area contributed by atoms with Gasteiger partial charge in [0.05, 0.1) is 17.3 Å². The molecule has 1 saturated heterocycles. The maximum Gasteiger partial charge on any atom is 0.238 e. The van der Waals surface area contributed by atoms with Crippen molar-refractivity contribution < 1.29 is 4.79 Å². The summed E-state index contributed by atoms with van der Waals surface area (Å²) >= 11 is 9.45. The van der Waals surface area contributed by atoms with E-state index in [-0.39, 0.29) is 29.8 Å². The highest BCUT2D eigenvalue weighted by Crippen LogP contribution is 2.28. The lowest BCUT2D eigenvalue weighted by molar-refractivity contribution is -0.118. The molecular weight excluding hydrogens is 389 g/mol. The van der Waals surface area contributed by atoms with Gasteiger partial charge in [-0.15, -0.1) is 12.4 Å². The van der Waals surface area contributed by atoms with Crippen molar-refractivity contribution in [2.75, 3.05) is 25.0 Å². The number of nitrogens with zero attached hydrogens (tertiary/aromatic N) is 1. The van der Waals surface area contributed by atoms with E-state index in [0.717, 1.165) is 24.0 Å². The number of carbonyl (C=O) groups excluding carboxylic acids is 1. The van der Waals surface area contributed by atoms with Gasteiger partial charge in [0.2, 0.25) is 5.91 Å². The molecule has 1 aromatic rings. The molecule has 124 valence electrons. The van der Waals surface area contributed by atoms with E-state index in [0.29, 0.717) is 17.3 Å². The van der Waals surface area contributed by atoms with E-state index >= 15 is 0 Å². The third kappa shape index (κ3) is 5.10. The first-order chi connectivity index (χ1) is 9.78. The molecule has 1 aromatic carbocycles. The number of halogens is 3. The average molecular weight is 411 g/mol. The monoisotopic (exact) mass is 409 g/mol. The van der Waals surface area contributed by atoms with E-state index in [4.69, 9.17) is 17.3 Å². The minimum Gasteiger partial charge on any atom is -0.327 e. The van der Waals surface area contributed by atoms with Crippen LogP contribution in [0.1, 0.15) is 20.3 Å². The Morgan fingerprint density at radius 1 is 1.55 bits per heavy atom. The third-order valence-electron chi connectivity index (χ3n) is 3.96. The molecule has 1 aliphatic heterocycles. The number of anilines is 1. The number of likely N-dealkylation sites (tertiary alicyclic amines) is 1. The lowest BCUT2D eigenvalue weighted by atomic mass is 9.80. The summed E-state index contributed by atoms with van der Waals surface area (Å²) in [6.07, 6.45) is 0.916. The molecule has 0 saturated carbocycles. The lowest BCUT2D eigenvalue weighted by Gasteiger charge is -2.42. The number of benzene rings is 1. The fourth-order valence-corrected chi connectivity index (χ4v) is 3.32. The van der Waals surface area contributed by atoms with E-state index in [1.165, 1.54) is 0 Å². The van der Waals surface area contributed by atoms with E-state index in [9.17, 15) is 4.79 Å². The largest absolute Gasteiger partial charge is 0.327 e. The summed E-state index contributed by atoms with van der Waals surface area (Å²) in [7, 11) is 0. The zero-order valence-corrected chi connectivity index (χ0v) is 15.9. The first kappa shape index (κ1) is 19.7. The second-order valence-electron chi connectivity index (χ2n) is 6.27. The van der Waals surface area contributed by atoms with Gasteiger partial charge in [0.1, 0.15) is 0 Å². The van der Waals surface area contributed by atoms with Gasteiger partial charge in [-0.1, -0.05) is 41.4 Å². The van der Waals surface area contributed by atoms with Crippen LogP contribution < -0.4 is 11.1 Å². The topological polar surface area (TPSA) is 58.4 Å². The number of hydrogen-bond donors (Lipinski definition) is 2. The highest BCUT2D eigenvalue weighted by Gasteiger charge is 2.33.